The van der Waals surface area contributed by atoms with Crippen LogP contribution in [0.4, 0.5) is 5.82 Å². The van der Waals surface area contributed by atoms with E-state index in [2.05, 4.69) is 15.0 Å². The van der Waals surface area contributed by atoms with Crippen molar-refractivity contribution < 1.29 is 24.9 Å². The molecule has 0 aromatic carbocycles. The first kappa shape index (κ1) is 18.8. The van der Waals surface area contributed by atoms with Gasteiger partial charge in [0.1, 0.15) is 30.1 Å². The van der Waals surface area contributed by atoms with E-state index in [0.29, 0.717) is 29.1 Å². The van der Waals surface area contributed by atoms with E-state index in [4.69, 9.17) is 21.3 Å². The highest BCUT2D eigenvalue weighted by molar-refractivity contribution is 7.99. The average molecular weight is 384 g/mol. The number of aliphatic carboxylic acids is 1. The normalized spacial score (nSPS) is 27.0. The molecule has 0 amide bonds. The van der Waals surface area contributed by atoms with Crippen molar-refractivity contribution >= 4 is 34.7 Å². The Balaban J connectivity index is 1.64. The molecule has 3 heterocycles. The molecule has 26 heavy (non-hydrogen) atoms. The zero-order valence-electron chi connectivity index (χ0n) is 13.7. The van der Waals surface area contributed by atoms with Crippen LogP contribution in [0.5, 0.6) is 0 Å². The summed E-state index contributed by atoms with van der Waals surface area (Å²) >= 11 is 1.40. The highest BCUT2D eigenvalue weighted by Crippen LogP contribution is 2.33. The summed E-state index contributed by atoms with van der Waals surface area (Å²) in [5.41, 5.74) is 12.0. The van der Waals surface area contributed by atoms with Crippen molar-refractivity contribution in [3.05, 3.63) is 12.7 Å². The van der Waals surface area contributed by atoms with Gasteiger partial charge in [0, 0.05) is 5.75 Å². The molecule has 0 bridgehead atoms. The Morgan fingerprint density at radius 2 is 2.12 bits per heavy atom. The molecule has 0 saturated carbocycles. The lowest BCUT2D eigenvalue weighted by molar-refractivity contribution is -0.138. The summed E-state index contributed by atoms with van der Waals surface area (Å²) in [6.07, 6.45) is -0.747. The maximum Gasteiger partial charge on any atom is 0.320 e. The van der Waals surface area contributed by atoms with E-state index in [0.717, 1.165) is 0 Å². The Labute approximate surface area is 152 Å². The molecule has 0 radical (unpaired) electrons. The summed E-state index contributed by atoms with van der Waals surface area (Å²) in [5, 5.41) is 29.3. The van der Waals surface area contributed by atoms with Gasteiger partial charge in [0.2, 0.25) is 0 Å². The molecule has 7 N–H and O–H groups in total. The molecule has 1 fully saturated rings. The molecule has 0 aliphatic carbocycles. The lowest BCUT2D eigenvalue weighted by Crippen LogP contribution is -2.33. The van der Waals surface area contributed by atoms with Crippen molar-refractivity contribution in [1.82, 2.24) is 19.5 Å². The van der Waals surface area contributed by atoms with E-state index in [-0.39, 0.29) is 5.82 Å². The summed E-state index contributed by atoms with van der Waals surface area (Å²) in [7, 11) is 0. The molecule has 12 heteroatoms. The number of carboxylic acid groups (broad SMARTS) is 1. The first-order valence-electron chi connectivity index (χ1n) is 7.91. The van der Waals surface area contributed by atoms with Crippen LogP contribution in [0.15, 0.2) is 12.7 Å². The Hall–Kier alpha value is -1.99. The van der Waals surface area contributed by atoms with Gasteiger partial charge in [-0.2, -0.15) is 11.8 Å². The van der Waals surface area contributed by atoms with Crippen LogP contribution in [0.25, 0.3) is 11.2 Å². The van der Waals surface area contributed by atoms with Gasteiger partial charge in [-0.25, -0.2) is 15.0 Å². The van der Waals surface area contributed by atoms with Crippen molar-refractivity contribution in [3.8, 4) is 0 Å². The third-order valence-electron chi connectivity index (χ3n) is 4.17. The molecule has 0 unspecified atom stereocenters. The highest BCUT2D eigenvalue weighted by atomic mass is 32.2. The topological polar surface area (TPSA) is 183 Å². The highest BCUT2D eigenvalue weighted by Gasteiger charge is 2.44. The second kappa shape index (κ2) is 7.72. The number of ether oxygens (including phenoxy) is 1. The molecule has 11 nitrogen and oxygen atoms in total. The first-order valence-corrected chi connectivity index (χ1v) is 9.06. The summed E-state index contributed by atoms with van der Waals surface area (Å²) in [6.45, 7) is 0. The summed E-state index contributed by atoms with van der Waals surface area (Å²) < 4.78 is 7.29. The van der Waals surface area contributed by atoms with Crippen molar-refractivity contribution in [2.24, 2.45) is 5.73 Å². The fourth-order valence-corrected chi connectivity index (χ4v) is 3.78. The van der Waals surface area contributed by atoms with E-state index in [1.807, 2.05) is 0 Å². The Bertz CT molecular complexity index is 788. The van der Waals surface area contributed by atoms with Crippen molar-refractivity contribution in [1.29, 1.82) is 0 Å². The van der Waals surface area contributed by atoms with E-state index in [1.165, 1.54) is 29.0 Å². The monoisotopic (exact) mass is 384 g/mol. The minimum atomic E-state index is -1.17. The zero-order valence-corrected chi connectivity index (χ0v) is 14.5. The first-order chi connectivity index (χ1) is 12.4. The predicted octanol–water partition coefficient (Wildman–Crippen LogP) is -1.44. The van der Waals surface area contributed by atoms with Crippen molar-refractivity contribution in [3.63, 3.8) is 0 Å². The number of rotatable bonds is 7. The zero-order chi connectivity index (χ0) is 18.8. The number of thioether (sulfide) groups is 1. The Morgan fingerprint density at radius 3 is 2.85 bits per heavy atom. The molecule has 3 rings (SSSR count). The SMILES string of the molecule is Nc1ncnc2c1ncn2[C@H]1O[C@H](CSCC[C@H](N)C(=O)O)[C@H](O)[C@@H]1O. The number of carbonyl (C=O) groups is 1. The average Bonchev–Trinajstić information content (AvgIpc) is 3.15. The number of hydrogen-bond acceptors (Lipinski definition) is 10. The number of aromatic nitrogens is 4. The van der Waals surface area contributed by atoms with Gasteiger partial charge in [0.05, 0.1) is 12.4 Å². The van der Waals surface area contributed by atoms with Gasteiger partial charge in [-0.15, -0.1) is 0 Å². The summed E-state index contributed by atoms with van der Waals surface area (Å²) in [6, 6.07) is -0.919. The van der Waals surface area contributed by atoms with Crippen LogP contribution in [0, 0.1) is 0 Å². The fourth-order valence-electron chi connectivity index (χ4n) is 2.69. The second-order valence-corrected chi connectivity index (χ2v) is 7.09. The molecule has 2 aromatic heterocycles. The van der Waals surface area contributed by atoms with Crippen LogP contribution in [-0.4, -0.2) is 76.7 Å². The number of anilines is 1. The molecule has 2 aromatic rings. The van der Waals surface area contributed by atoms with Crippen LogP contribution >= 0.6 is 11.8 Å². The van der Waals surface area contributed by atoms with Crippen molar-refractivity contribution in [2.45, 2.75) is 37.0 Å². The minimum absolute atomic E-state index is 0.212. The standard InChI is InChI=1S/C14H20N6O5S/c15-6(14(23)24)1-2-26-3-7-9(21)10(22)13(25-7)20-5-19-8-11(16)17-4-18-12(8)20/h4-7,9-10,13,21-22H,1-3,15H2,(H,23,24)(H2,16,17,18)/t6-,7+,9-,10-,13-/m0/s1. The largest absolute Gasteiger partial charge is 0.480 e. The number of carboxylic acids is 1. The maximum atomic E-state index is 10.7. The van der Waals surface area contributed by atoms with Gasteiger partial charge >= 0.3 is 5.97 Å². The van der Waals surface area contributed by atoms with Gasteiger partial charge in [-0.1, -0.05) is 0 Å². The number of aliphatic hydroxyl groups excluding tert-OH is 2. The molecule has 1 saturated heterocycles. The molecule has 1 aliphatic heterocycles. The fraction of sp³-hybridized carbons (Fsp3) is 0.571. The second-order valence-electron chi connectivity index (χ2n) is 5.94. The quantitative estimate of drug-likeness (QED) is 0.352. The number of aliphatic hydroxyl groups is 2. The molecule has 1 aliphatic rings. The van der Waals surface area contributed by atoms with Crippen LogP contribution in [-0.2, 0) is 9.53 Å². The maximum absolute atomic E-state index is 10.7. The third-order valence-corrected chi connectivity index (χ3v) is 5.26. The van der Waals surface area contributed by atoms with Gasteiger partial charge < -0.3 is 31.5 Å². The number of nitrogens with two attached hydrogens (primary N) is 2. The van der Waals surface area contributed by atoms with Crippen LogP contribution in [0.1, 0.15) is 12.6 Å². The van der Waals surface area contributed by atoms with Crippen LogP contribution in [0.3, 0.4) is 0 Å². The van der Waals surface area contributed by atoms with E-state index in [9.17, 15) is 15.0 Å². The summed E-state index contributed by atoms with van der Waals surface area (Å²) in [4.78, 5) is 22.8. The predicted molar refractivity (Wildman–Crippen MR) is 93.2 cm³/mol. The number of hydrogen-bond donors (Lipinski definition) is 5. The Kier molecular flexibility index (Phi) is 5.58. The molecule has 142 valence electrons. The molecular weight excluding hydrogens is 364 g/mol. The van der Waals surface area contributed by atoms with Crippen molar-refractivity contribution in [2.75, 3.05) is 17.2 Å². The lowest BCUT2D eigenvalue weighted by atomic mass is 10.1. The van der Waals surface area contributed by atoms with Gasteiger partial charge in [0.15, 0.2) is 17.7 Å². The van der Waals surface area contributed by atoms with E-state index < -0.39 is 36.6 Å². The number of imidazole rings is 1. The lowest BCUT2D eigenvalue weighted by Gasteiger charge is -2.16. The van der Waals surface area contributed by atoms with Gasteiger partial charge in [0.25, 0.3) is 0 Å². The smallest absolute Gasteiger partial charge is 0.320 e. The van der Waals surface area contributed by atoms with E-state index in [1.54, 1.807) is 0 Å². The number of nitrogen functional groups attached to an aromatic ring is 1. The van der Waals surface area contributed by atoms with Gasteiger partial charge in [-0.05, 0) is 12.2 Å². The number of nitrogens with zero attached hydrogens (tertiary/aromatic N) is 4. The Morgan fingerprint density at radius 1 is 1.35 bits per heavy atom. The third kappa shape index (κ3) is 3.59. The summed E-state index contributed by atoms with van der Waals surface area (Å²) in [5.74, 6) is 0.0405. The number of fused-ring (bicyclic) bond motifs is 1. The molecule has 0 spiro atoms. The molecular formula is C14H20N6O5S. The van der Waals surface area contributed by atoms with Crippen LogP contribution in [0.2, 0.25) is 0 Å². The van der Waals surface area contributed by atoms with E-state index >= 15 is 0 Å². The minimum Gasteiger partial charge on any atom is -0.480 e. The van der Waals surface area contributed by atoms with Crippen LogP contribution < -0.4 is 11.5 Å². The van der Waals surface area contributed by atoms with Gasteiger partial charge in [-0.3, -0.25) is 9.36 Å². The molecule has 5 atom stereocenters.